The van der Waals surface area contributed by atoms with Gasteiger partial charge in [-0.3, -0.25) is 0 Å². The minimum Gasteiger partial charge on any atom is -0.469 e. The van der Waals surface area contributed by atoms with Crippen LogP contribution in [-0.2, 0) is 11.2 Å². The van der Waals surface area contributed by atoms with Crippen molar-refractivity contribution < 1.29 is 14.3 Å². The molecule has 0 aliphatic carbocycles. The van der Waals surface area contributed by atoms with E-state index in [9.17, 15) is 0 Å². The van der Waals surface area contributed by atoms with E-state index in [0.29, 0.717) is 6.61 Å². The Bertz CT molecular complexity index is 206. The van der Waals surface area contributed by atoms with Crippen molar-refractivity contribution in [3.63, 3.8) is 0 Å². The molecule has 0 saturated heterocycles. The van der Waals surface area contributed by atoms with Gasteiger partial charge in [0.25, 0.3) is 0 Å². The number of furan rings is 1. The molecule has 1 aromatic rings. The van der Waals surface area contributed by atoms with E-state index >= 15 is 0 Å². The molecule has 14 heavy (non-hydrogen) atoms. The van der Waals surface area contributed by atoms with Gasteiger partial charge in [0, 0.05) is 13.0 Å². The summed E-state index contributed by atoms with van der Waals surface area (Å²) in [7, 11) is 0. The Morgan fingerprint density at radius 2 is 2.14 bits per heavy atom. The molecule has 0 saturated carbocycles. The molecule has 1 N–H and O–H groups in total. The van der Waals surface area contributed by atoms with E-state index in [1.54, 1.807) is 6.26 Å². The Morgan fingerprint density at radius 3 is 2.86 bits per heavy atom. The Kier molecular flexibility index (Phi) is 6.11. The fourth-order valence-electron chi connectivity index (χ4n) is 1.30. The molecule has 3 nitrogen and oxygen atoms in total. The molecule has 1 aromatic heterocycles. The van der Waals surface area contributed by atoms with Gasteiger partial charge in [-0.15, -0.1) is 0 Å². The van der Waals surface area contributed by atoms with Crippen LogP contribution in [-0.4, -0.2) is 24.9 Å². The summed E-state index contributed by atoms with van der Waals surface area (Å²) in [6, 6.07) is 3.92. The van der Waals surface area contributed by atoms with Crippen molar-refractivity contribution in [2.75, 3.05) is 19.8 Å². The fraction of sp³-hybridized carbons (Fsp3) is 0.636. The van der Waals surface area contributed by atoms with Crippen LogP contribution < -0.4 is 0 Å². The predicted molar refractivity (Wildman–Crippen MR) is 54.2 cm³/mol. The van der Waals surface area contributed by atoms with Crippen LogP contribution in [0.1, 0.15) is 25.0 Å². The lowest BCUT2D eigenvalue weighted by molar-refractivity contribution is 0.0896. The maximum absolute atomic E-state index is 8.46. The normalized spacial score (nSPS) is 10.6. The Labute approximate surface area is 84.7 Å². The summed E-state index contributed by atoms with van der Waals surface area (Å²) in [5, 5.41) is 8.46. The number of unbranched alkanes of at least 4 members (excludes halogenated alkanes) is 2. The zero-order valence-electron chi connectivity index (χ0n) is 8.45. The van der Waals surface area contributed by atoms with Crippen molar-refractivity contribution in [3.8, 4) is 0 Å². The van der Waals surface area contributed by atoms with Gasteiger partial charge in [-0.2, -0.15) is 0 Å². The topological polar surface area (TPSA) is 42.6 Å². The third-order valence-electron chi connectivity index (χ3n) is 2.03. The first-order valence-corrected chi connectivity index (χ1v) is 5.14. The SMILES string of the molecule is OCCOCCCCCc1ccco1. The van der Waals surface area contributed by atoms with Gasteiger partial charge in [0.2, 0.25) is 0 Å². The summed E-state index contributed by atoms with van der Waals surface area (Å²) >= 11 is 0. The summed E-state index contributed by atoms with van der Waals surface area (Å²) in [5.74, 6) is 1.06. The standard InChI is InChI=1S/C11H18O3/c12-7-10-13-8-3-1-2-5-11-6-4-9-14-11/h4,6,9,12H,1-3,5,7-8,10H2. The van der Waals surface area contributed by atoms with Crippen LogP contribution in [0, 0.1) is 0 Å². The number of ether oxygens (including phenoxy) is 1. The highest BCUT2D eigenvalue weighted by atomic mass is 16.5. The van der Waals surface area contributed by atoms with Crippen molar-refractivity contribution in [1.82, 2.24) is 0 Å². The van der Waals surface area contributed by atoms with E-state index in [2.05, 4.69) is 0 Å². The molecule has 0 fully saturated rings. The summed E-state index contributed by atoms with van der Waals surface area (Å²) in [5.41, 5.74) is 0. The van der Waals surface area contributed by atoms with E-state index in [1.807, 2.05) is 12.1 Å². The molecule has 0 bridgehead atoms. The quantitative estimate of drug-likeness (QED) is 0.650. The summed E-state index contributed by atoms with van der Waals surface area (Å²) in [6.07, 6.45) is 6.05. The second-order valence-electron chi connectivity index (χ2n) is 3.23. The van der Waals surface area contributed by atoms with Crippen LogP contribution in [0.3, 0.4) is 0 Å². The smallest absolute Gasteiger partial charge is 0.103 e. The van der Waals surface area contributed by atoms with E-state index < -0.39 is 0 Å². The van der Waals surface area contributed by atoms with Crippen molar-refractivity contribution >= 4 is 0 Å². The van der Waals surface area contributed by atoms with Gasteiger partial charge in [-0.05, 0) is 25.0 Å². The number of hydrogen-bond donors (Lipinski definition) is 1. The van der Waals surface area contributed by atoms with Crippen LogP contribution in [0.15, 0.2) is 22.8 Å². The molecule has 0 aromatic carbocycles. The molecule has 1 rings (SSSR count). The Hall–Kier alpha value is -0.800. The van der Waals surface area contributed by atoms with Gasteiger partial charge in [0.15, 0.2) is 0 Å². The molecule has 0 spiro atoms. The average molecular weight is 198 g/mol. The van der Waals surface area contributed by atoms with Gasteiger partial charge in [0.1, 0.15) is 5.76 Å². The lowest BCUT2D eigenvalue weighted by Crippen LogP contribution is -2.00. The average Bonchev–Trinajstić information content (AvgIpc) is 2.69. The number of rotatable bonds is 8. The number of aryl methyl sites for hydroxylation is 1. The third-order valence-corrected chi connectivity index (χ3v) is 2.03. The van der Waals surface area contributed by atoms with Crippen molar-refractivity contribution in [3.05, 3.63) is 24.2 Å². The van der Waals surface area contributed by atoms with Gasteiger partial charge < -0.3 is 14.3 Å². The highest BCUT2D eigenvalue weighted by molar-refractivity contribution is 4.97. The minimum atomic E-state index is 0.117. The highest BCUT2D eigenvalue weighted by Gasteiger charge is 1.95. The van der Waals surface area contributed by atoms with Gasteiger partial charge in [0.05, 0.1) is 19.5 Å². The Balaban J connectivity index is 1.85. The van der Waals surface area contributed by atoms with Gasteiger partial charge in [-0.1, -0.05) is 6.42 Å². The predicted octanol–water partition coefficient (Wildman–Crippen LogP) is 2.00. The molecule has 0 aliphatic rings. The van der Waals surface area contributed by atoms with Crippen LogP contribution in [0.25, 0.3) is 0 Å². The van der Waals surface area contributed by atoms with Crippen LogP contribution in [0.4, 0.5) is 0 Å². The van der Waals surface area contributed by atoms with Crippen LogP contribution in [0.5, 0.6) is 0 Å². The first-order chi connectivity index (χ1) is 6.93. The first-order valence-electron chi connectivity index (χ1n) is 5.14. The first kappa shape index (κ1) is 11.3. The molecular formula is C11H18O3. The van der Waals surface area contributed by atoms with Crippen molar-refractivity contribution in [2.45, 2.75) is 25.7 Å². The fourth-order valence-corrected chi connectivity index (χ4v) is 1.30. The largest absolute Gasteiger partial charge is 0.469 e. The van der Waals surface area contributed by atoms with Gasteiger partial charge in [-0.25, -0.2) is 0 Å². The zero-order chi connectivity index (χ0) is 10.1. The third kappa shape index (κ3) is 5.04. The second-order valence-corrected chi connectivity index (χ2v) is 3.23. The molecule has 3 heteroatoms. The van der Waals surface area contributed by atoms with Gasteiger partial charge >= 0.3 is 0 Å². The summed E-state index contributed by atoms with van der Waals surface area (Å²) < 4.78 is 10.4. The molecule has 1 heterocycles. The monoisotopic (exact) mass is 198 g/mol. The van der Waals surface area contributed by atoms with E-state index in [-0.39, 0.29) is 6.61 Å². The number of aliphatic hydroxyl groups excluding tert-OH is 1. The lowest BCUT2D eigenvalue weighted by Gasteiger charge is -2.01. The molecule has 80 valence electrons. The molecule has 0 radical (unpaired) electrons. The minimum absolute atomic E-state index is 0.117. The molecular weight excluding hydrogens is 180 g/mol. The Morgan fingerprint density at radius 1 is 1.21 bits per heavy atom. The number of hydrogen-bond acceptors (Lipinski definition) is 3. The maximum atomic E-state index is 8.46. The highest BCUT2D eigenvalue weighted by Crippen LogP contribution is 2.06. The van der Waals surface area contributed by atoms with E-state index in [1.165, 1.54) is 0 Å². The zero-order valence-corrected chi connectivity index (χ0v) is 8.45. The van der Waals surface area contributed by atoms with Crippen molar-refractivity contribution in [2.24, 2.45) is 0 Å². The van der Waals surface area contributed by atoms with E-state index in [4.69, 9.17) is 14.3 Å². The summed E-state index contributed by atoms with van der Waals surface area (Å²) in [6.45, 7) is 1.32. The maximum Gasteiger partial charge on any atom is 0.103 e. The van der Waals surface area contributed by atoms with Crippen molar-refractivity contribution in [1.29, 1.82) is 0 Å². The van der Waals surface area contributed by atoms with E-state index in [0.717, 1.165) is 38.1 Å². The molecule has 0 atom stereocenters. The molecule has 0 unspecified atom stereocenters. The number of aliphatic hydroxyl groups is 1. The van der Waals surface area contributed by atoms with Crippen LogP contribution >= 0.6 is 0 Å². The van der Waals surface area contributed by atoms with Crippen LogP contribution in [0.2, 0.25) is 0 Å². The second kappa shape index (κ2) is 7.59. The molecule has 0 amide bonds. The summed E-state index contributed by atoms with van der Waals surface area (Å²) in [4.78, 5) is 0. The lowest BCUT2D eigenvalue weighted by atomic mass is 10.2. The molecule has 0 aliphatic heterocycles.